The van der Waals surface area contributed by atoms with E-state index in [1.165, 1.54) is 0 Å². The Morgan fingerprint density at radius 3 is 2.67 bits per heavy atom. The van der Waals surface area contributed by atoms with Gasteiger partial charge in [0, 0.05) is 44.8 Å². The van der Waals surface area contributed by atoms with E-state index in [-0.39, 0.29) is 18.4 Å². The van der Waals surface area contributed by atoms with Crippen molar-refractivity contribution in [1.29, 1.82) is 0 Å². The molecule has 11 heteroatoms. The molecule has 0 spiro atoms. The van der Waals surface area contributed by atoms with Crippen molar-refractivity contribution in [3.8, 4) is 0 Å². The van der Waals surface area contributed by atoms with Crippen LogP contribution in [-0.4, -0.2) is 70.8 Å². The number of pyridine rings is 1. The summed E-state index contributed by atoms with van der Waals surface area (Å²) in [5.74, 6) is 0.121. The summed E-state index contributed by atoms with van der Waals surface area (Å²) in [6.07, 6.45) is 8.17. The summed E-state index contributed by atoms with van der Waals surface area (Å²) in [6.45, 7) is 4.15. The molecule has 0 aliphatic carbocycles. The van der Waals surface area contributed by atoms with Gasteiger partial charge < -0.3 is 0 Å². The van der Waals surface area contributed by atoms with Crippen molar-refractivity contribution in [2.45, 2.75) is 51.5 Å². The maximum Gasteiger partial charge on any atom is 0.328 e. The van der Waals surface area contributed by atoms with Crippen LogP contribution in [0.5, 0.6) is 0 Å². The molecule has 5 rings (SSSR count). The quantitative estimate of drug-likeness (QED) is 0.711. The number of anilines is 1. The van der Waals surface area contributed by atoms with Gasteiger partial charge in [0.2, 0.25) is 5.91 Å². The van der Waals surface area contributed by atoms with Gasteiger partial charge in [-0.15, -0.1) is 0 Å². The zero-order chi connectivity index (χ0) is 23.2. The molecule has 3 fully saturated rings. The molecule has 5 heterocycles. The molecular weight excluding hydrogens is 444 g/mol. The Morgan fingerprint density at radius 2 is 1.94 bits per heavy atom. The lowest BCUT2D eigenvalue weighted by Crippen LogP contribution is -2.50. The summed E-state index contributed by atoms with van der Waals surface area (Å²) in [6, 6.07) is 3.62. The lowest BCUT2D eigenvalue weighted by Gasteiger charge is -2.38. The number of aromatic nitrogens is 2. The summed E-state index contributed by atoms with van der Waals surface area (Å²) in [5, 5.41) is 6.71. The zero-order valence-corrected chi connectivity index (χ0v) is 19.6. The predicted molar refractivity (Wildman–Crippen MR) is 123 cm³/mol. The number of piperidine rings is 1. The summed E-state index contributed by atoms with van der Waals surface area (Å²) >= 11 is 0. The smallest absolute Gasteiger partial charge is 0.290 e. The van der Waals surface area contributed by atoms with E-state index >= 15 is 0 Å². The van der Waals surface area contributed by atoms with Crippen LogP contribution in [0.3, 0.4) is 0 Å². The minimum absolute atomic E-state index is 0.0295. The van der Waals surface area contributed by atoms with Crippen molar-refractivity contribution in [3.05, 3.63) is 30.1 Å². The van der Waals surface area contributed by atoms with Gasteiger partial charge in [0.1, 0.15) is 0 Å². The minimum Gasteiger partial charge on any atom is -0.290 e. The standard InChI is InChI=1S/C22H30N6O4S/c1-16-12-17(5-11-28(16)33(31,32)25-7-2-3-8-25)13-18-4-10-27-19(14-18)20(15-23-27)26-9-6-21(29)24-22(26)30/h4,10,14-17H,2-3,5-9,11-13H2,1H3,(H,24,29,30)/t16-,17+/m0/s1. The Kier molecular flexibility index (Phi) is 5.87. The first-order chi connectivity index (χ1) is 15.8. The normalized spacial score (nSPS) is 25.7. The molecule has 178 valence electrons. The number of carbonyl (C=O) groups excluding carboxylic acids is 2. The third-order valence-corrected chi connectivity index (χ3v) is 9.20. The zero-order valence-electron chi connectivity index (χ0n) is 18.8. The maximum absolute atomic E-state index is 13.0. The second-order valence-electron chi connectivity index (χ2n) is 9.32. The van der Waals surface area contributed by atoms with Crippen molar-refractivity contribution in [2.75, 3.05) is 31.1 Å². The number of hydrogen-bond acceptors (Lipinski definition) is 5. The topological polar surface area (TPSA) is 107 Å². The Morgan fingerprint density at radius 1 is 1.15 bits per heavy atom. The second kappa shape index (κ2) is 8.69. The Hall–Kier alpha value is -2.50. The van der Waals surface area contributed by atoms with Crippen molar-refractivity contribution in [2.24, 2.45) is 5.92 Å². The van der Waals surface area contributed by atoms with Crippen molar-refractivity contribution in [1.82, 2.24) is 23.5 Å². The Bertz CT molecular complexity index is 1170. The average molecular weight is 475 g/mol. The first-order valence-corrected chi connectivity index (χ1v) is 13.1. The van der Waals surface area contributed by atoms with Crippen LogP contribution in [-0.2, 0) is 21.4 Å². The molecule has 0 aromatic carbocycles. The molecule has 0 radical (unpaired) electrons. The summed E-state index contributed by atoms with van der Waals surface area (Å²) < 4.78 is 31.0. The molecule has 3 aliphatic heterocycles. The summed E-state index contributed by atoms with van der Waals surface area (Å²) in [4.78, 5) is 25.3. The summed E-state index contributed by atoms with van der Waals surface area (Å²) in [7, 11) is -3.37. The van der Waals surface area contributed by atoms with E-state index in [2.05, 4.69) is 10.4 Å². The number of urea groups is 1. The monoisotopic (exact) mass is 474 g/mol. The van der Waals surface area contributed by atoms with Crippen molar-refractivity contribution >= 4 is 33.4 Å². The Balaban J connectivity index is 1.29. The van der Waals surface area contributed by atoms with Gasteiger partial charge in [-0.25, -0.2) is 9.31 Å². The van der Waals surface area contributed by atoms with Crippen LogP contribution in [0.2, 0.25) is 0 Å². The summed E-state index contributed by atoms with van der Waals surface area (Å²) in [5.41, 5.74) is 2.63. The van der Waals surface area contributed by atoms with Gasteiger partial charge in [0.25, 0.3) is 10.2 Å². The van der Waals surface area contributed by atoms with Crippen LogP contribution in [0.15, 0.2) is 24.5 Å². The third-order valence-electron chi connectivity index (χ3n) is 7.05. The lowest BCUT2D eigenvalue weighted by molar-refractivity contribution is -0.120. The lowest BCUT2D eigenvalue weighted by atomic mass is 9.88. The van der Waals surface area contributed by atoms with Gasteiger partial charge >= 0.3 is 6.03 Å². The molecule has 2 aromatic rings. The first kappa shape index (κ1) is 22.3. The van der Waals surface area contributed by atoms with E-state index in [4.69, 9.17) is 0 Å². The van der Waals surface area contributed by atoms with Gasteiger partial charge in [0.15, 0.2) is 0 Å². The van der Waals surface area contributed by atoms with Crippen LogP contribution < -0.4 is 10.2 Å². The highest BCUT2D eigenvalue weighted by Gasteiger charge is 2.38. The number of imide groups is 1. The predicted octanol–water partition coefficient (Wildman–Crippen LogP) is 1.76. The molecule has 0 saturated carbocycles. The maximum atomic E-state index is 13.0. The van der Waals surface area contributed by atoms with Gasteiger partial charge in [-0.2, -0.15) is 22.1 Å². The average Bonchev–Trinajstić information content (AvgIpc) is 3.44. The largest absolute Gasteiger partial charge is 0.328 e. The van der Waals surface area contributed by atoms with Gasteiger partial charge in [-0.05, 0) is 62.6 Å². The highest BCUT2D eigenvalue weighted by Crippen LogP contribution is 2.31. The van der Waals surface area contributed by atoms with E-state index in [0.29, 0.717) is 37.8 Å². The number of amides is 3. The minimum atomic E-state index is -3.37. The Labute approximate surface area is 193 Å². The SMILES string of the molecule is C[C@H]1C[C@H](Cc2ccn3ncc(N4CCC(=O)NC4=O)c3c2)CCN1S(=O)(=O)N1CCCC1. The molecule has 10 nitrogen and oxygen atoms in total. The van der Waals surface area contributed by atoms with Gasteiger partial charge in [-0.1, -0.05) is 0 Å². The fourth-order valence-electron chi connectivity index (χ4n) is 5.32. The number of rotatable bonds is 5. The van der Waals surface area contributed by atoms with E-state index in [1.54, 1.807) is 24.2 Å². The van der Waals surface area contributed by atoms with Crippen molar-refractivity contribution in [3.63, 3.8) is 0 Å². The van der Waals surface area contributed by atoms with E-state index in [0.717, 1.165) is 43.2 Å². The van der Waals surface area contributed by atoms with Crippen LogP contribution in [0.1, 0.15) is 44.6 Å². The molecule has 3 saturated heterocycles. The highest BCUT2D eigenvalue weighted by atomic mass is 32.2. The van der Waals surface area contributed by atoms with E-state index < -0.39 is 16.2 Å². The molecule has 2 aromatic heterocycles. The highest BCUT2D eigenvalue weighted by molar-refractivity contribution is 7.86. The molecule has 0 bridgehead atoms. The molecule has 3 aliphatic rings. The molecular formula is C22H30N6O4S. The van der Waals surface area contributed by atoms with Crippen LogP contribution >= 0.6 is 0 Å². The number of hydrogen-bond donors (Lipinski definition) is 1. The van der Waals surface area contributed by atoms with E-state index in [9.17, 15) is 18.0 Å². The van der Waals surface area contributed by atoms with Crippen molar-refractivity contribution < 1.29 is 18.0 Å². The molecule has 0 unspecified atom stereocenters. The second-order valence-corrected chi connectivity index (χ2v) is 11.2. The number of fused-ring (bicyclic) bond motifs is 1. The molecule has 1 N–H and O–H groups in total. The fraction of sp³-hybridized carbons (Fsp3) is 0.591. The van der Waals surface area contributed by atoms with Gasteiger partial charge in [0.05, 0.1) is 17.4 Å². The first-order valence-electron chi connectivity index (χ1n) is 11.7. The molecule has 2 atom stereocenters. The van der Waals surface area contributed by atoms with Gasteiger partial charge in [-0.3, -0.25) is 15.0 Å². The van der Waals surface area contributed by atoms with E-state index in [1.807, 2.05) is 25.3 Å². The van der Waals surface area contributed by atoms with Crippen LogP contribution in [0.4, 0.5) is 10.5 Å². The molecule has 33 heavy (non-hydrogen) atoms. The number of nitrogens with zero attached hydrogens (tertiary/aromatic N) is 5. The number of nitrogens with one attached hydrogen (secondary N) is 1. The van der Waals surface area contributed by atoms with Crippen LogP contribution in [0, 0.1) is 5.92 Å². The fourth-order valence-corrected chi connectivity index (χ4v) is 7.21. The molecule has 3 amide bonds. The number of carbonyl (C=O) groups is 2. The third kappa shape index (κ3) is 4.24. The van der Waals surface area contributed by atoms with Crippen LogP contribution in [0.25, 0.3) is 5.52 Å².